The number of carbonyl (C=O) groups is 1. The van der Waals surface area contributed by atoms with Gasteiger partial charge in [-0.15, -0.1) is 0 Å². The third kappa shape index (κ3) is 3.13. The molecule has 4 N–H and O–H groups in total. The predicted octanol–water partition coefficient (Wildman–Crippen LogP) is 0.320. The Morgan fingerprint density at radius 3 is 2.63 bits per heavy atom. The van der Waals surface area contributed by atoms with Crippen LogP contribution in [0.5, 0.6) is 0 Å². The van der Waals surface area contributed by atoms with Crippen LogP contribution in [-0.2, 0) is 10.0 Å². The van der Waals surface area contributed by atoms with Crippen molar-refractivity contribution in [3.63, 3.8) is 0 Å². The molecule has 0 aliphatic heterocycles. The summed E-state index contributed by atoms with van der Waals surface area (Å²) in [6.45, 7) is 4.15. The molecule has 1 amide bonds. The van der Waals surface area contributed by atoms with Crippen LogP contribution in [0.3, 0.4) is 0 Å². The molecule has 1 aromatic heterocycles. The van der Waals surface area contributed by atoms with E-state index in [9.17, 15) is 13.2 Å². The van der Waals surface area contributed by atoms with Gasteiger partial charge in [-0.3, -0.25) is 9.89 Å². The standard InChI is InChI=1S/C11H18N4O3S/c1-6(2)8-10(19(12,17)18)9(15-14-8)11(16)13-5-7-3-4-7/h6-7H,3-5H2,1-2H3,(H,13,16)(H,14,15)(H2,12,17,18). The Morgan fingerprint density at radius 2 is 2.16 bits per heavy atom. The van der Waals surface area contributed by atoms with E-state index in [0.29, 0.717) is 18.2 Å². The molecule has 1 aromatic rings. The van der Waals surface area contributed by atoms with Crippen LogP contribution < -0.4 is 10.5 Å². The van der Waals surface area contributed by atoms with Crippen molar-refractivity contribution in [2.75, 3.05) is 6.54 Å². The van der Waals surface area contributed by atoms with E-state index in [2.05, 4.69) is 15.5 Å². The van der Waals surface area contributed by atoms with E-state index >= 15 is 0 Å². The zero-order chi connectivity index (χ0) is 14.2. The van der Waals surface area contributed by atoms with Crippen molar-refractivity contribution in [2.45, 2.75) is 37.5 Å². The van der Waals surface area contributed by atoms with Crippen molar-refractivity contribution in [1.82, 2.24) is 15.5 Å². The van der Waals surface area contributed by atoms with Gasteiger partial charge in [0.2, 0.25) is 10.0 Å². The summed E-state index contributed by atoms with van der Waals surface area (Å²) in [6.07, 6.45) is 2.19. The number of H-pyrrole nitrogens is 1. The highest BCUT2D eigenvalue weighted by molar-refractivity contribution is 7.89. The largest absolute Gasteiger partial charge is 0.350 e. The van der Waals surface area contributed by atoms with Crippen molar-refractivity contribution in [3.05, 3.63) is 11.4 Å². The van der Waals surface area contributed by atoms with Gasteiger partial charge in [-0.1, -0.05) is 13.8 Å². The van der Waals surface area contributed by atoms with Gasteiger partial charge in [0.05, 0.1) is 5.69 Å². The number of amides is 1. The minimum atomic E-state index is -3.99. The minimum Gasteiger partial charge on any atom is -0.350 e. The second kappa shape index (κ2) is 4.93. The summed E-state index contributed by atoms with van der Waals surface area (Å²) < 4.78 is 23.3. The first-order chi connectivity index (χ1) is 8.80. The number of nitrogens with one attached hydrogen (secondary N) is 2. The molecule has 0 saturated heterocycles. The van der Waals surface area contributed by atoms with Crippen molar-refractivity contribution in [2.24, 2.45) is 11.1 Å². The van der Waals surface area contributed by atoms with Crippen LogP contribution in [0.2, 0.25) is 0 Å². The maximum absolute atomic E-state index is 12.0. The highest BCUT2D eigenvalue weighted by Crippen LogP contribution is 2.28. The average molecular weight is 286 g/mol. The van der Waals surface area contributed by atoms with Crippen molar-refractivity contribution in [3.8, 4) is 0 Å². The van der Waals surface area contributed by atoms with Gasteiger partial charge in [-0.2, -0.15) is 5.10 Å². The molecule has 106 valence electrons. The van der Waals surface area contributed by atoms with E-state index in [4.69, 9.17) is 5.14 Å². The molecule has 0 atom stereocenters. The zero-order valence-corrected chi connectivity index (χ0v) is 11.8. The summed E-state index contributed by atoms with van der Waals surface area (Å²) in [5.41, 5.74) is 0.214. The number of aromatic nitrogens is 2. The summed E-state index contributed by atoms with van der Waals surface area (Å²) in [6, 6.07) is 0. The number of sulfonamides is 1. The summed E-state index contributed by atoms with van der Waals surface area (Å²) in [7, 11) is -3.99. The van der Waals surface area contributed by atoms with E-state index in [0.717, 1.165) is 12.8 Å². The van der Waals surface area contributed by atoms with E-state index in [1.165, 1.54) is 0 Å². The molecule has 0 aromatic carbocycles. The Hall–Kier alpha value is -1.41. The lowest BCUT2D eigenvalue weighted by Crippen LogP contribution is -2.28. The first kappa shape index (κ1) is 14.0. The van der Waals surface area contributed by atoms with Crippen molar-refractivity contribution < 1.29 is 13.2 Å². The van der Waals surface area contributed by atoms with Crippen LogP contribution >= 0.6 is 0 Å². The smallest absolute Gasteiger partial charge is 0.273 e. The minimum absolute atomic E-state index is 0.120. The first-order valence-electron chi connectivity index (χ1n) is 6.20. The molecule has 7 nitrogen and oxygen atoms in total. The van der Waals surface area contributed by atoms with Crippen LogP contribution in [0.4, 0.5) is 0 Å². The van der Waals surface area contributed by atoms with E-state index in [-0.39, 0.29) is 16.5 Å². The Morgan fingerprint density at radius 1 is 1.53 bits per heavy atom. The van der Waals surface area contributed by atoms with Crippen LogP contribution in [-0.4, -0.2) is 31.1 Å². The van der Waals surface area contributed by atoms with Gasteiger partial charge >= 0.3 is 0 Å². The second-order valence-electron chi connectivity index (χ2n) is 5.17. The van der Waals surface area contributed by atoms with Crippen molar-refractivity contribution >= 4 is 15.9 Å². The number of aromatic amines is 1. The molecular weight excluding hydrogens is 268 g/mol. The first-order valence-corrected chi connectivity index (χ1v) is 7.74. The Labute approximate surface area is 112 Å². The third-order valence-corrected chi connectivity index (χ3v) is 4.06. The monoisotopic (exact) mass is 286 g/mol. The van der Waals surface area contributed by atoms with Gasteiger partial charge < -0.3 is 5.32 Å². The van der Waals surface area contributed by atoms with Crippen LogP contribution in [0.15, 0.2) is 4.90 Å². The number of hydrogen-bond acceptors (Lipinski definition) is 4. The second-order valence-corrected chi connectivity index (χ2v) is 6.67. The van der Waals surface area contributed by atoms with E-state index in [1.807, 2.05) is 0 Å². The fraction of sp³-hybridized carbons (Fsp3) is 0.636. The Bertz CT molecular complexity index is 587. The molecule has 1 fully saturated rings. The summed E-state index contributed by atoms with van der Waals surface area (Å²) in [5, 5.41) is 14.3. The summed E-state index contributed by atoms with van der Waals surface area (Å²) in [4.78, 5) is 11.8. The van der Waals surface area contributed by atoms with E-state index in [1.54, 1.807) is 13.8 Å². The van der Waals surface area contributed by atoms with Gasteiger partial charge in [0.15, 0.2) is 5.69 Å². The molecule has 1 aliphatic carbocycles. The predicted molar refractivity (Wildman–Crippen MR) is 69.1 cm³/mol. The average Bonchev–Trinajstić information content (AvgIpc) is 2.99. The molecule has 1 saturated carbocycles. The lowest BCUT2D eigenvalue weighted by molar-refractivity contribution is 0.0943. The molecular formula is C11H18N4O3S. The fourth-order valence-electron chi connectivity index (χ4n) is 1.82. The third-order valence-electron chi connectivity index (χ3n) is 3.07. The van der Waals surface area contributed by atoms with Crippen molar-refractivity contribution in [1.29, 1.82) is 0 Å². The lowest BCUT2D eigenvalue weighted by Gasteiger charge is -2.06. The number of nitrogens with two attached hydrogens (primary N) is 1. The molecule has 2 rings (SSSR count). The lowest BCUT2D eigenvalue weighted by atomic mass is 10.1. The normalized spacial score (nSPS) is 15.8. The highest BCUT2D eigenvalue weighted by atomic mass is 32.2. The van der Waals surface area contributed by atoms with E-state index < -0.39 is 15.9 Å². The van der Waals surface area contributed by atoms with Gasteiger partial charge in [-0.05, 0) is 24.7 Å². The maximum Gasteiger partial charge on any atom is 0.273 e. The number of hydrogen-bond donors (Lipinski definition) is 3. The Kier molecular flexibility index (Phi) is 3.64. The molecule has 0 radical (unpaired) electrons. The van der Waals surface area contributed by atoms with Gasteiger partial charge in [0.1, 0.15) is 4.90 Å². The zero-order valence-electron chi connectivity index (χ0n) is 10.9. The fourth-order valence-corrected chi connectivity index (χ4v) is 2.82. The summed E-state index contributed by atoms with van der Waals surface area (Å²) in [5.74, 6) is -0.115. The molecule has 19 heavy (non-hydrogen) atoms. The number of nitrogens with zero attached hydrogens (tertiary/aromatic N) is 1. The number of rotatable bonds is 5. The van der Waals surface area contributed by atoms with Crippen LogP contribution in [0.1, 0.15) is 48.8 Å². The molecule has 1 heterocycles. The molecule has 8 heteroatoms. The summed E-state index contributed by atoms with van der Waals surface area (Å²) >= 11 is 0. The van der Waals surface area contributed by atoms with Crippen LogP contribution in [0, 0.1) is 5.92 Å². The van der Waals surface area contributed by atoms with Gasteiger partial charge in [0.25, 0.3) is 5.91 Å². The topological polar surface area (TPSA) is 118 Å². The Balaban J connectivity index is 2.31. The maximum atomic E-state index is 12.0. The molecule has 0 bridgehead atoms. The molecule has 1 aliphatic rings. The highest BCUT2D eigenvalue weighted by Gasteiger charge is 2.29. The van der Waals surface area contributed by atoms with Gasteiger partial charge in [-0.25, -0.2) is 13.6 Å². The quantitative estimate of drug-likeness (QED) is 0.722. The molecule has 0 spiro atoms. The molecule has 0 unspecified atom stereocenters. The van der Waals surface area contributed by atoms with Crippen LogP contribution in [0.25, 0.3) is 0 Å². The SMILES string of the molecule is CC(C)c1[nH]nc(C(=O)NCC2CC2)c1S(N)(=O)=O. The van der Waals surface area contributed by atoms with Gasteiger partial charge in [0, 0.05) is 6.54 Å². The number of carbonyl (C=O) groups excluding carboxylic acids is 1. The number of primary sulfonamides is 1.